The molecule has 0 aromatic heterocycles. The SMILES string of the molecule is OC(Cc1ccccc1Cl)CC1CCOCC1. The maximum Gasteiger partial charge on any atom is 0.0583 e. The molecule has 1 N–H and O–H groups in total. The first-order chi connectivity index (χ1) is 8.25. The van der Waals surface area contributed by atoms with Gasteiger partial charge in [0, 0.05) is 18.2 Å². The van der Waals surface area contributed by atoms with Crippen molar-refractivity contribution in [2.45, 2.75) is 31.8 Å². The molecule has 1 unspecified atom stereocenters. The van der Waals surface area contributed by atoms with Crippen LogP contribution in [0.15, 0.2) is 24.3 Å². The molecule has 0 saturated carbocycles. The largest absolute Gasteiger partial charge is 0.393 e. The summed E-state index contributed by atoms with van der Waals surface area (Å²) in [6.45, 7) is 1.67. The second-order valence-corrected chi connectivity index (χ2v) is 5.15. The third kappa shape index (κ3) is 3.98. The molecule has 17 heavy (non-hydrogen) atoms. The molecule has 1 aliphatic heterocycles. The summed E-state index contributed by atoms with van der Waals surface area (Å²) in [5.74, 6) is 0.598. The van der Waals surface area contributed by atoms with Gasteiger partial charge in [-0.15, -0.1) is 0 Å². The van der Waals surface area contributed by atoms with Crippen molar-refractivity contribution in [1.82, 2.24) is 0 Å². The minimum atomic E-state index is -0.294. The molecule has 3 heteroatoms. The molecule has 0 bridgehead atoms. The number of aliphatic hydroxyl groups is 1. The number of aliphatic hydroxyl groups excluding tert-OH is 1. The van der Waals surface area contributed by atoms with Crippen LogP contribution in [-0.4, -0.2) is 24.4 Å². The number of ether oxygens (including phenoxy) is 1. The lowest BCUT2D eigenvalue weighted by Gasteiger charge is -2.24. The van der Waals surface area contributed by atoms with Gasteiger partial charge in [-0.3, -0.25) is 0 Å². The number of hydrogen-bond acceptors (Lipinski definition) is 2. The monoisotopic (exact) mass is 254 g/mol. The molecule has 1 aliphatic rings. The zero-order valence-corrected chi connectivity index (χ0v) is 10.7. The Bertz CT molecular complexity index is 348. The molecule has 0 amide bonds. The zero-order valence-electron chi connectivity index (χ0n) is 9.94. The van der Waals surface area contributed by atoms with E-state index in [-0.39, 0.29) is 6.10 Å². The van der Waals surface area contributed by atoms with Gasteiger partial charge in [-0.25, -0.2) is 0 Å². The predicted octanol–water partition coefficient (Wildman–Crippen LogP) is 3.06. The van der Waals surface area contributed by atoms with E-state index < -0.39 is 0 Å². The van der Waals surface area contributed by atoms with E-state index in [1.165, 1.54) is 0 Å². The molecule has 94 valence electrons. The van der Waals surface area contributed by atoms with Crippen LogP contribution in [0.25, 0.3) is 0 Å². The molecule has 2 nitrogen and oxygen atoms in total. The predicted molar refractivity (Wildman–Crippen MR) is 69.3 cm³/mol. The van der Waals surface area contributed by atoms with Gasteiger partial charge in [-0.05, 0) is 43.2 Å². The third-order valence-corrected chi connectivity index (χ3v) is 3.73. The Hall–Kier alpha value is -0.570. The van der Waals surface area contributed by atoms with Crippen LogP contribution in [0.4, 0.5) is 0 Å². The maximum absolute atomic E-state index is 10.1. The second-order valence-electron chi connectivity index (χ2n) is 4.74. The van der Waals surface area contributed by atoms with Crippen LogP contribution < -0.4 is 0 Å². The summed E-state index contributed by atoms with van der Waals surface area (Å²) < 4.78 is 5.32. The summed E-state index contributed by atoms with van der Waals surface area (Å²) >= 11 is 6.08. The summed E-state index contributed by atoms with van der Waals surface area (Å²) in [7, 11) is 0. The normalized spacial score (nSPS) is 19.2. The highest BCUT2D eigenvalue weighted by Crippen LogP contribution is 2.23. The molecule has 0 radical (unpaired) electrons. The third-order valence-electron chi connectivity index (χ3n) is 3.36. The molecule has 1 atom stereocenters. The lowest BCUT2D eigenvalue weighted by atomic mass is 9.91. The standard InChI is InChI=1S/C14H19ClO2/c15-14-4-2-1-3-12(14)10-13(16)9-11-5-7-17-8-6-11/h1-4,11,13,16H,5-10H2. The highest BCUT2D eigenvalue weighted by molar-refractivity contribution is 6.31. The van der Waals surface area contributed by atoms with Gasteiger partial charge in [-0.1, -0.05) is 29.8 Å². The molecule has 1 heterocycles. The molecular weight excluding hydrogens is 236 g/mol. The number of rotatable bonds is 4. The van der Waals surface area contributed by atoms with E-state index in [2.05, 4.69) is 0 Å². The Morgan fingerprint density at radius 2 is 2.00 bits per heavy atom. The van der Waals surface area contributed by atoms with Crippen LogP contribution >= 0.6 is 11.6 Å². The Balaban J connectivity index is 1.84. The van der Waals surface area contributed by atoms with Crippen molar-refractivity contribution in [2.75, 3.05) is 13.2 Å². The van der Waals surface area contributed by atoms with Crippen LogP contribution in [0.1, 0.15) is 24.8 Å². The number of halogens is 1. The smallest absolute Gasteiger partial charge is 0.0583 e. The van der Waals surface area contributed by atoms with Gasteiger partial charge in [0.1, 0.15) is 0 Å². The Kier molecular flexibility index (Phi) is 4.84. The van der Waals surface area contributed by atoms with E-state index in [1.807, 2.05) is 24.3 Å². The average Bonchev–Trinajstić information content (AvgIpc) is 2.33. The molecule has 1 saturated heterocycles. The van der Waals surface area contributed by atoms with Crippen molar-refractivity contribution in [2.24, 2.45) is 5.92 Å². The van der Waals surface area contributed by atoms with Crippen molar-refractivity contribution < 1.29 is 9.84 Å². The first-order valence-corrected chi connectivity index (χ1v) is 6.62. The molecular formula is C14H19ClO2. The Morgan fingerprint density at radius 1 is 1.29 bits per heavy atom. The van der Waals surface area contributed by atoms with Crippen LogP contribution in [0, 0.1) is 5.92 Å². The van der Waals surface area contributed by atoms with Gasteiger partial charge in [-0.2, -0.15) is 0 Å². The first-order valence-electron chi connectivity index (χ1n) is 6.25. The van der Waals surface area contributed by atoms with Crippen LogP contribution in [-0.2, 0) is 11.2 Å². The van der Waals surface area contributed by atoms with Crippen molar-refractivity contribution in [3.8, 4) is 0 Å². The lowest BCUT2D eigenvalue weighted by Crippen LogP contribution is -2.22. The van der Waals surface area contributed by atoms with Gasteiger partial charge in [0.15, 0.2) is 0 Å². The lowest BCUT2D eigenvalue weighted by molar-refractivity contribution is 0.0439. The molecule has 2 rings (SSSR count). The van der Waals surface area contributed by atoms with Gasteiger partial charge in [0.05, 0.1) is 6.10 Å². The van der Waals surface area contributed by atoms with Crippen molar-refractivity contribution in [3.05, 3.63) is 34.9 Å². The molecule has 1 fully saturated rings. The van der Waals surface area contributed by atoms with E-state index in [9.17, 15) is 5.11 Å². The summed E-state index contributed by atoms with van der Waals surface area (Å²) in [4.78, 5) is 0. The summed E-state index contributed by atoms with van der Waals surface area (Å²) in [5.41, 5.74) is 1.04. The molecule has 0 spiro atoms. The van der Waals surface area contributed by atoms with Gasteiger partial charge >= 0.3 is 0 Å². The van der Waals surface area contributed by atoms with E-state index in [4.69, 9.17) is 16.3 Å². The topological polar surface area (TPSA) is 29.5 Å². The summed E-state index contributed by atoms with van der Waals surface area (Å²) in [6.07, 6.45) is 3.35. The van der Waals surface area contributed by atoms with E-state index in [0.717, 1.165) is 43.1 Å². The van der Waals surface area contributed by atoms with Crippen LogP contribution in [0.3, 0.4) is 0 Å². The van der Waals surface area contributed by atoms with E-state index >= 15 is 0 Å². The highest BCUT2D eigenvalue weighted by atomic mass is 35.5. The summed E-state index contributed by atoms with van der Waals surface area (Å²) in [5, 5.41) is 10.8. The quantitative estimate of drug-likeness (QED) is 0.895. The highest BCUT2D eigenvalue weighted by Gasteiger charge is 2.18. The van der Waals surface area contributed by atoms with E-state index in [0.29, 0.717) is 12.3 Å². The van der Waals surface area contributed by atoms with Crippen LogP contribution in [0.5, 0.6) is 0 Å². The maximum atomic E-state index is 10.1. The Morgan fingerprint density at radius 3 is 2.71 bits per heavy atom. The van der Waals surface area contributed by atoms with E-state index in [1.54, 1.807) is 0 Å². The zero-order chi connectivity index (χ0) is 12.1. The van der Waals surface area contributed by atoms with Crippen molar-refractivity contribution in [3.63, 3.8) is 0 Å². The minimum absolute atomic E-state index is 0.294. The van der Waals surface area contributed by atoms with Gasteiger partial charge in [0.25, 0.3) is 0 Å². The van der Waals surface area contributed by atoms with Gasteiger partial charge in [0.2, 0.25) is 0 Å². The van der Waals surface area contributed by atoms with Crippen LogP contribution in [0.2, 0.25) is 5.02 Å². The van der Waals surface area contributed by atoms with Crippen molar-refractivity contribution >= 4 is 11.6 Å². The Labute approximate surface area is 108 Å². The summed E-state index contributed by atoms with van der Waals surface area (Å²) in [6, 6.07) is 7.73. The second kappa shape index (κ2) is 6.39. The van der Waals surface area contributed by atoms with Crippen molar-refractivity contribution in [1.29, 1.82) is 0 Å². The number of benzene rings is 1. The fraction of sp³-hybridized carbons (Fsp3) is 0.571. The fourth-order valence-corrected chi connectivity index (χ4v) is 2.58. The van der Waals surface area contributed by atoms with Gasteiger partial charge < -0.3 is 9.84 Å². The fourth-order valence-electron chi connectivity index (χ4n) is 2.37. The molecule has 1 aromatic rings. The minimum Gasteiger partial charge on any atom is -0.393 e. The number of hydrogen-bond donors (Lipinski definition) is 1. The molecule has 0 aliphatic carbocycles. The molecule has 1 aromatic carbocycles. The first kappa shape index (κ1) is 12.9. The average molecular weight is 255 g/mol.